The van der Waals surface area contributed by atoms with Crippen molar-refractivity contribution < 1.29 is 18.3 Å². The van der Waals surface area contributed by atoms with Crippen molar-refractivity contribution in [2.45, 2.75) is 23.8 Å². The first-order valence-corrected chi connectivity index (χ1v) is 7.40. The number of sulfonamides is 1. The monoisotopic (exact) mass is 279 g/mol. The predicted molar refractivity (Wildman–Crippen MR) is 66.5 cm³/mol. The van der Waals surface area contributed by atoms with Crippen LogP contribution >= 0.6 is 11.3 Å². The molecule has 0 aliphatic heterocycles. The van der Waals surface area contributed by atoms with E-state index in [-0.39, 0.29) is 16.9 Å². The van der Waals surface area contributed by atoms with Gasteiger partial charge in [-0.05, 0) is 23.9 Å². The summed E-state index contributed by atoms with van der Waals surface area (Å²) in [6.07, 6.45) is 0. The molecule has 0 saturated carbocycles. The van der Waals surface area contributed by atoms with Gasteiger partial charge in [-0.15, -0.1) is 11.3 Å². The first-order chi connectivity index (χ1) is 7.93. The Morgan fingerprint density at radius 3 is 2.71 bits per heavy atom. The van der Waals surface area contributed by atoms with Crippen molar-refractivity contribution in [2.24, 2.45) is 0 Å². The minimum atomic E-state index is -3.49. The van der Waals surface area contributed by atoms with E-state index in [1.807, 2.05) is 0 Å². The Kier molecular flexibility index (Phi) is 5.08. The van der Waals surface area contributed by atoms with Gasteiger partial charge in [-0.25, -0.2) is 8.42 Å². The van der Waals surface area contributed by atoms with Crippen LogP contribution in [0.25, 0.3) is 0 Å². The van der Waals surface area contributed by atoms with Crippen LogP contribution in [0.15, 0.2) is 15.7 Å². The summed E-state index contributed by atoms with van der Waals surface area (Å²) in [6.45, 7) is 1.97. The van der Waals surface area contributed by atoms with Gasteiger partial charge in [0, 0.05) is 20.2 Å². The smallest absolute Gasteiger partial charge is 0.252 e. The van der Waals surface area contributed by atoms with Gasteiger partial charge < -0.3 is 9.84 Å². The second kappa shape index (κ2) is 5.92. The van der Waals surface area contributed by atoms with Crippen molar-refractivity contribution in [3.8, 4) is 0 Å². The molecule has 5 nitrogen and oxygen atoms in total. The molecule has 1 aromatic rings. The Labute approximate surface area is 106 Å². The molecule has 0 radical (unpaired) electrons. The third-order valence-corrected chi connectivity index (χ3v) is 5.91. The zero-order valence-electron chi connectivity index (χ0n) is 10.1. The number of ether oxygens (including phenoxy) is 1. The zero-order chi connectivity index (χ0) is 13.1. The molecule has 0 aliphatic carbocycles. The largest absolute Gasteiger partial charge is 0.392 e. The third-order valence-electron chi connectivity index (χ3n) is 2.47. The molecule has 0 fully saturated rings. The van der Waals surface area contributed by atoms with Gasteiger partial charge in [0.05, 0.1) is 13.2 Å². The highest BCUT2D eigenvalue weighted by atomic mass is 32.2. The van der Waals surface area contributed by atoms with Gasteiger partial charge >= 0.3 is 0 Å². The lowest BCUT2D eigenvalue weighted by Gasteiger charge is -2.22. The molecule has 1 N–H and O–H groups in total. The maximum absolute atomic E-state index is 12.2. The fraction of sp³-hybridized carbons (Fsp3) is 0.600. The molecule has 0 saturated heterocycles. The molecule has 0 bridgehead atoms. The molecular weight excluding hydrogens is 262 g/mol. The lowest BCUT2D eigenvalue weighted by Crippen LogP contribution is -2.37. The van der Waals surface area contributed by atoms with E-state index in [0.29, 0.717) is 12.2 Å². The van der Waals surface area contributed by atoms with Crippen molar-refractivity contribution in [3.05, 3.63) is 17.0 Å². The van der Waals surface area contributed by atoms with Crippen LogP contribution in [0.1, 0.15) is 12.5 Å². The third kappa shape index (κ3) is 3.26. The molecule has 0 aliphatic rings. The van der Waals surface area contributed by atoms with Crippen molar-refractivity contribution in [3.63, 3.8) is 0 Å². The first-order valence-electron chi connectivity index (χ1n) is 5.08. The number of nitrogens with zero attached hydrogens (tertiary/aromatic N) is 1. The zero-order valence-corrected chi connectivity index (χ0v) is 11.7. The highest BCUT2D eigenvalue weighted by Gasteiger charge is 2.26. The molecule has 1 rings (SSSR count). The summed E-state index contributed by atoms with van der Waals surface area (Å²) in [4.78, 5) is 0. The van der Waals surface area contributed by atoms with E-state index in [0.717, 1.165) is 11.3 Å². The molecule has 1 unspecified atom stereocenters. The molecule has 1 aromatic heterocycles. The lowest BCUT2D eigenvalue weighted by atomic mass is 10.4. The van der Waals surface area contributed by atoms with Crippen molar-refractivity contribution in [1.82, 2.24) is 4.31 Å². The number of hydrogen-bond donors (Lipinski definition) is 1. The van der Waals surface area contributed by atoms with Crippen LogP contribution in [0.4, 0.5) is 0 Å². The van der Waals surface area contributed by atoms with Gasteiger partial charge in [0.1, 0.15) is 4.21 Å². The number of aliphatic hydroxyl groups excluding tert-OH is 1. The van der Waals surface area contributed by atoms with Crippen LogP contribution in [-0.4, -0.2) is 44.6 Å². The normalized spacial score (nSPS) is 14.2. The minimum absolute atomic E-state index is 0.149. The average molecular weight is 279 g/mol. The van der Waals surface area contributed by atoms with Crippen molar-refractivity contribution >= 4 is 21.4 Å². The molecule has 0 spiro atoms. The van der Waals surface area contributed by atoms with E-state index in [4.69, 9.17) is 9.84 Å². The number of hydrogen-bond acceptors (Lipinski definition) is 5. The minimum Gasteiger partial charge on any atom is -0.392 e. The predicted octanol–water partition coefficient (Wildman–Crippen LogP) is 0.896. The second-order valence-electron chi connectivity index (χ2n) is 3.76. The number of thiophene rings is 1. The van der Waals surface area contributed by atoms with Gasteiger partial charge in [-0.2, -0.15) is 4.31 Å². The Morgan fingerprint density at radius 1 is 1.59 bits per heavy atom. The molecule has 7 heteroatoms. The summed E-state index contributed by atoms with van der Waals surface area (Å²) in [5.74, 6) is 0. The highest BCUT2D eigenvalue weighted by molar-refractivity contribution is 7.91. The fourth-order valence-electron chi connectivity index (χ4n) is 1.30. The molecule has 0 amide bonds. The maximum atomic E-state index is 12.2. The standard InChI is InChI=1S/C10H17NO4S2/c1-8(6-15-3)11(2)17(13,14)10-4-9(5-12)7-16-10/h4,7-8,12H,5-6H2,1-3H3. The summed E-state index contributed by atoms with van der Waals surface area (Å²) in [7, 11) is -0.430. The van der Waals surface area contributed by atoms with E-state index in [2.05, 4.69) is 0 Å². The van der Waals surface area contributed by atoms with Crippen LogP contribution in [0.3, 0.4) is 0 Å². The van der Waals surface area contributed by atoms with Crippen LogP contribution in [0.2, 0.25) is 0 Å². The van der Waals surface area contributed by atoms with Crippen molar-refractivity contribution in [2.75, 3.05) is 20.8 Å². The fourth-order valence-corrected chi connectivity index (χ4v) is 4.03. The van der Waals surface area contributed by atoms with Gasteiger partial charge in [0.2, 0.25) is 0 Å². The van der Waals surface area contributed by atoms with Crippen LogP contribution in [0, 0.1) is 0 Å². The van der Waals surface area contributed by atoms with E-state index in [1.54, 1.807) is 12.3 Å². The Balaban J connectivity index is 2.94. The second-order valence-corrected chi connectivity index (χ2v) is 6.89. The van der Waals surface area contributed by atoms with Crippen LogP contribution in [-0.2, 0) is 21.4 Å². The Hall–Kier alpha value is -0.470. The summed E-state index contributed by atoms with van der Waals surface area (Å²) in [5.41, 5.74) is 0.612. The van der Waals surface area contributed by atoms with Gasteiger partial charge in [0.25, 0.3) is 10.0 Å². The summed E-state index contributed by atoms with van der Waals surface area (Å²) >= 11 is 1.11. The average Bonchev–Trinajstić information content (AvgIpc) is 2.77. The van der Waals surface area contributed by atoms with Crippen LogP contribution < -0.4 is 0 Å². The number of methoxy groups -OCH3 is 1. The highest BCUT2D eigenvalue weighted by Crippen LogP contribution is 2.24. The van der Waals surface area contributed by atoms with Gasteiger partial charge in [0.15, 0.2) is 0 Å². The summed E-state index contributed by atoms with van der Waals surface area (Å²) in [5, 5.41) is 10.6. The quantitative estimate of drug-likeness (QED) is 0.840. The number of rotatable bonds is 6. The van der Waals surface area contributed by atoms with Crippen molar-refractivity contribution in [1.29, 1.82) is 0 Å². The number of likely N-dealkylation sites (N-methyl/N-ethyl adjacent to an activating group) is 1. The Bertz CT molecular complexity index is 455. The topological polar surface area (TPSA) is 66.8 Å². The summed E-state index contributed by atoms with van der Waals surface area (Å²) < 4.78 is 30.8. The number of aliphatic hydroxyl groups is 1. The molecule has 1 atom stereocenters. The first kappa shape index (κ1) is 14.6. The summed E-state index contributed by atoms with van der Waals surface area (Å²) in [6, 6.07) is 1.26. The molecule has 0 aromatic carbocycles. The van der Waals surface area contributed by atoms with Gasteiger partial charge in [-0.1, -0.05) is 0 Å². The van der Waals surface area contributed by atoms with Crippen LogP contribution in [0.5, 0.6) is 0 Å². The SMILES string of the molecule is COCC(C)N(C)S(=O)(=O)c1cc(CO)cs1. The molecule has 1 heterocycles. The van der Waals surface area contributed by atoms with E-state index in [9.17, 15) is 8.42 Å². The molecule has 17 heavy (non-hydrogen) atoms. The molecule has 98 valence electrons. The van der Waals surface area contributed by atoms with E-state index in [1.165, 1.54) is 24.5 Å². The maximum Gasteiger partial charge on any atom is 0.252 e. The van der Waals surface area contributed by atoms with Gasteiger partial charge in [-0.3, -0.25) is 0 Å². The molecular formula is C10H17NO4S2. The lowest BCUT2D eigenvalue weighted by molar-refractivity contribution is 0.149. The Morgan fingerprint density at radius 2 is 2.24 bits per heavy atom. The van der Waals surface area contributed by atoms with E-state index < -0.39 is 10.0 Å². The van der Waals surface area contributed by atoms with E-state index >= 15 is 0 Å².